The average Bonchev–Trinajstić information content (AvgIpc) is 2.87. The van der Waals surface area contributed by atoms with Gasteiger partial charge in [0, 0.05) is 18.3 Å². The van der Waals surface area contributed by atoms with Crippen molar-refractivity contribution < 1.29 is 14.3 Å². The van der Waals surface area contributed by atoms with Crippen molar-refractivity contribution in [1.82, 2.24) is 4.98 Å². The Morgan fingerprint density at radius 2 is 2.04 bits per heavy atom. The van der Waals surface area contributed by atoms with Crippen LogP contribution in [0.2, 0.25) is 0 Å². The summed E-state index contributed by atoms with van der Waals surface area (Å²) < 4.78 is 12.0. The van der Waals surface area contributed by atoms with E-state index in [1.807, 2.05) is 19.1 Å². The third-order valence-corrected chi connectivity index (χ3v) is 6.13. The lowest BCUT2D eigenvalue weighted by Crippen LogP contribution is -2.48. The van der Waals surface area contributed by atoms with E-state index in [0.29, 0.717) is 18.4 Å². The first-order chi connectivity index (χ1) is 11.2. The number of carbonyl (C=O) groups excluding carboxylic acids is 1. The van der Waals surface area contributed by atoms with Crippen LogP contribution in [0.3, 0.4) is 0 Å². The van der Waals surface area contributed by atoms with Crippen LogP contribution in [0.25, 0.3) is 0 Å². The third kappa shape index (κ3) is 2.78. The summed E-state index contributed by atoms with van der Waals surface area (Å²) in [4.78, 5) is 16.3. The number of hydrogen-bond donors (Lipinski definition) is 0. The molecule has 0 aromatic carbocycles. The van der Waals surface area contributed by atoms with Crippen molar-refractivity contribution in [1.29, 1.82) is 0 Å². The molecule has 3 aliphatic rings. The topological polar surface area (TPSA) is 48.4 Å². The molecule has 2 saturated carbocycles. The summed E-state index contributed by atoms with van der Waals surface area (Å²) in [6.07, 6.45) is 9.80. The number of esters is 1. The summed E-state index contributed by atoms with van der Waals surface area (Å²) in [6.45, 7) is 2.63. The van der Waals surface area contributed by atoms with Crippen LogP contribution in [0.1, 0.15) is 44.6 Å². The number of aromatic nitrogens is 1. The van der Waals surface area contributed by atoms with Gasteiger partial charge in [0.2, 0.25) is 0 Å². The maximum atomic E-state index is 12.2. The number of fused-ring (bicyclic) bond motifs is 2. The fraction of sp³-hybridized carbons (Fsp3) is 0.684. The molecule has 0 N–H and O–H groups in total. The maximum Gasteiger partial charge on any atom is 0.309 e. The van der Waals surface area contributed by atoms with Gasteiger partial charge in [-0.05, 0) is 49.3 Å². The van der Waals surface area contributed by atoms with Crippen molar-refractivity contribution in [3.05, 3.63) is 30.1 Å². The molecule has 2 aliphatic carbocycles. The molecule has 0 spiro atoms. The number of hydrogen-bond acceptors (Lipinski definition) is 4. The Morgan fingerprint density at radius 1 is 1.26 bits per heavy atom. The predicted molar refractivity (Wildman–Crippen MR) is 85.4 cm³/mol. The van der Waals surface area contributed by atoms with Gasteiger partial charge in [0.25, 0.3) is 0 Å². The molecule has 2 heterocycles. The van der Waals surface area contributed by atoms with Crippen molar-refractivity contribution in [2.24, 2.45) is 23.7 Å². The van der Waals surface area contributed by atoms with Gasteiger partial charge in [-0.25, -0.2) is 0 Å². The zero-order chi connectivity index (χ0) is 15.8. The van der Waals surface area contributed by atoms with E-state index in [0.717, 1.165) is 12.0 Å². The summed E-state index contributed by atoms with van der Waals surface area (Å²) in [5.74, 6) is 1.49. The predicted octanol–water partition coefficient (Wildman–Crippen LogP) is 3.35. The van der Waals surface area contributed by atoms with E-state index >= 15 is 0 Å². The van der Waals surface area contributed by atoms with Crippen molar-refractivity contribution in [2.45, 2.75) is 57.8 Å². The van der Waals surface area contributed by atoms with Gasteiger partial charge in [0.15, 0.2) is 0 Å². The van der Waals surface area contributed by atoms with Gasteiger partial charge in [-0.3, -0.25) is 9.78 Å². The number of ether oxygens (including phenoxy) is 2. The molecule has 23 heavy (non-hydrogen) atoms. The molecule has 1 aliphatic heterocycles. The SMILES string of the molecule is C[C@@H]1OC(=O)C2CC3CCCCC3[C@@H](OCc3ccncc3)C21. The largest absolute Gasteiger partial charge is 0.462 e. The highest BCUT2D eigenvalue weighted by Crippen LogP contribution is 2.51. The standard InChI is InChI=1S/C19H25NO3/c1-12-17-16(19(21)23-12)10-14-4-2-3-5-15(14)18(17)22-11-13-6-8-20-9-7-13/h6-9,12,14-18H,2-5,10-11H2,1H3/t12-,14?,15?,16?,17?,18+/m0/s1. The van der Waals surface area contributed by atoms with Crippen LogP contribution in [0, 0.1) is 23.7 Å². The number of rotatable bonds is 3. The summed E-state index contributed by atoms with van der Waals surface area (Å²) in [5, 5.41) is 0. The van der Waals surface area contributed by atoms with Crippen LogP contribution >= 0.6 is 0 Å². The number of pyridine rings is 1. The molecule has 4 nitrogen and oxygen atoms in total. The second-order valence-electron chi connectivity index (χ2n) is 7.40. The summed E-state index contributed by atoms with van der Waals surface area (Å²) in [7, 11) is 0. The highest BCUT2D eigenvalue weighted by Gasteiger charge is 2.55. The fourth-order valence-corrected chi connectivity index (χ4v) is 5.06. The van der Waals surface area contributed by atoms with E-state index in [9.17, 15) is 4.79 Å². The van der Waals surface area contributed by atoms with Gasteiger partial charge in [0.1, 0.15) is 6.10 Å². The molecule has 0 amide bonds. The Bertz CT molecular complexity index is 561. The normalized spacial score (nSPS) is 39.4. The summed E-state index contributed by atoms with van der Waals surface area (Å²) in [5.41, 5.74) is 1.15. The molecule has 3 fully saturated rings. The first-order valence-electron chi connectivity index (χ1n) is 8.95. The molecular formula is C19H25NO3. The number of nitrogens with zero attached hydrogens (tertiary/aromatic N) is 1. The molecule has 1 aromatic rings. The summed E-state index contributed by atoms with van der Waals surface area (Å²) >= 11 is 0. The molecule has 6 atom stereocenters. The fourth-order valence-electron chi connectivity index (χ4n) is 5.06. The van der Waals surface area contributed by atoms with Crippen molar-refractivity contribution >= 4 is 5.97 Å². The lowest BCUT2D eigenvalue weighted by Gasteiger charge is -2.46. The molecule has 1 aromatic heterocycles. The first-order valence-corrected chi connectivity index (χ1v) is 8.95. The van der Waals surface area contributed by atoms with Crippen LogP contribution in [0.4, 0.5) is 0 Å². The Balaban J connectivity index is 1.56. The summed E-state index contributed by atoms with van der Waals surface area (Å²) in [6, 6.07) is 4.00. The molecule has 4 heteroatoms. The van der Waals surface area contributed by atoms with E-state index in [1.165, 1.54) is 25.7 Å². The third-order valence-electron chi connectivity index (χ3n) is 6.13. The minimum atomic E-state index is -0.0159. The zero-order valence-corrected chi connectivity index (χ0v) is 13.7. The highest BCUT2D eigenvalue weighted by atomic mass is 16.6. The quantitative estimate of drug-likeness (QED) is 0.803. The van der Waals surface area contributed by atoms with Gasteiger partial charge >= 0.3 is 5.97 Å². The molecular weight excluding hydrogens is 290 g/mol. The van der Waals surface area contributed by atoms with Crippen LogP contribution in [0.15, 0.2) is 24.5 Å². The lowest BCUT2D eigenvalue weighted by molar-refractivity contribution is -0.145. The van der Waals surface area contributed by atoms with Gasteiger partial charge in [-0.15, -0.1) is 0 Å². The van der Waals surface area contributed by atoms with Crippen molar-refractivity contribution in [2.75, 3.05) is 0 Å². The molecule has 4 rings (SSSR count). The molecule has 0 radical (unpaired) electrons. The Labute approximate surface area is 137 Å². The molecule has 124 valence electrons. The Hall–Kier alpha value is -1.42. The molecule has 0 bridgehead atoms. The minimum Gasteiger partial charge on any atom is -0.462 e. The lowest BCUT2D eigenvalue weighted by atomic mass is 9.61. The van der Waals surface area contributed by atoms with E-state index < -0.39 is 0 Å². The van der Waals surface area contributed by atoms with Gasteiger partial charge in [-0.1, -0.05) is 19.3 Å². The monoisotopic (exact) mass is 315 g/mol. The van der Waals surface area contributed by atoms with Crippen LogP contribution in [-0.2, 0) is 20.9 Å². The Morgan fingerprint density at radius 3 is 2.87 bits per heavy atom. The minimum absolute atomic E-state index is 0.00374. The van der Waals surface area contributed by atoms with Crippen LogP contribution in [-0.4, -0.2) is 23.2 Å². The van der Waals surface area contributed by atoms with E-state index in [-0.39, 0.29) is 30.0 Å². The molecule has 1 saturated heterocycles. The van der Waals surface area contributed by atoms with Crippen molar-refractivity contribution in [3.8, 4) is 0 Å². The van der Waals surface area contributed by atoms with Gasteiger partial charge in [-0.2, -0.15) is 0 Å². The highest BCUT2D eigenvalue weighted by molar-refractivity contribution is 5.75. The molecule has 4 unspecified atom stereocenters. The number of carbonyl (C=O) groups is 1. The van der Waals surface area contributed by atoms with E-state index in [4.69, 9.17) is 9.47 Å². The smallest absolute Gasteiger partial charge is 0.309 e. The van der Waals surface area contributed by atoms with Gasteiger partial charge in [0.05, 0.1) is 18.6 Å². The number of cyclic esters (lactones) is 1. The first kappa shape index (κ1) is 15.1. The van der Waals surface area contributed by atoms with Crippen molar-refractivity contribution in [3.63, 3.8) is 0 Å². The maximum absolute atomic E-state index is 12.2. The Kier molecular flexibility index (Phi) is 4.10. The average molecular weight is 315 g/mol. The van der Waals surface area contributed by atoms with E-state index in [1.54, 1.807) is 12.4 Å². The van der Waals surface area contributed by atoms with Crippen LogP contribution in [0.5, 0.6) is 0 Å². The second-order valence-corrected chi connectivity index (χ2v) is 7.40. The van der Waals surface area contributed by atoms with Crippen LogP contribution < -0.4 is 0 Å². The van der Waals surface area contributed by atoms with E-state index in [2.05, 4.69) is 4.98 Å². The second kappa shape index (κ2) is 6.23. The van der Waals surface area contributed by atoms with Gasteiger partial charge < -0.3 is 9.47 Å². The zero-order valence-electron chi connectivity index (χ0n) is 13.7.